The summed E-state index contributed by atoms with van der Waals surface area (Å²) in [6.07, 6.45) is 0.851. The van der Waals surface area contributed by atoms with E-state index in [9.17, 15) is 19.7 Å². The zero-order chi connectivity index (χ0) is 15.4. The largest absolute Gasteiger partial charge is 0.368 e. The molecule has 0 bridgehead atoms. The van der Waals surface area contributed by atoms with E-state index in [1.807, 2.05) is 0 Å². The van der Waals surface area contributed by atoms with E-state index in [4.69, 9.17) is 4.74 Å². The summed E-state index contributed by atoms with van der Waals surface area (Å²) in [7, 11) is 0. The molecule has 0 saturated carbocycles. The summed E-state index contributed by atoms with van der Waals surface area (Å²) in [5.74, 6) is -1.04. The number of carbonyl (C=O) groups excluding carboxylic acids is 2. The van der Waals surface area contributed by atoms with Crippen molar-refractivity contribution in [2.75, 3.05) is 6.61 Å². The lowest BCUT2D eigenvalue weighted by Gasteiger charge is -2.12. The molecule has 2 rings (SSSR count). The zero-order valence-corrected chi connectivity index (χ0v) is 11.4. The molecule has 8 nitrogen and oxygen atoms in total. The monoisotopic (exact) mass is 293 g/mol. The van der Waals surface area contributed by atoms with Crippen LogP contribution in [0, 0.1) is 17.0 Å². The van der Waals surface area contributed by atoms with E-state index >= 15 is 0 Å². The van der Waals surface area contributed by atoms with E-state index in [2.05, 4.69) is 10.9 Å². The fraction of sp³-hybridized carbons (Fsp3) is 0.385. The molecule has 1 aliphatic rings. The molecule has 0 spiro atoms. The average molecular weight is 293 g/mol. The lowest BCUT2D eigenvalue weighted by atomic mass is 10.1. The fourth-order valence-electron chi connectivity index (χ4n) is 2.02. The van der Waals surface area contributed by atoms with E-state index in [0.29, 0.717) is 18.6 Å². The molecule has 1 saturated heterocycles. The molecular weight excluding hydrogens is 278 g/mol. The molecule has 1 aromatic rings. The summed E-state index contributed by atoms with van der Waals surface area (Å²) in [6, 6.07) is 3.97. The van der Waals surface area contributed by atoms with Gasteiger partial charge in [0.25, 0.3) is 17.5 Å². The third-order valence-corrected chi connectivity index (χ3v) is 3.20. The SMILES string of the molecule is Cc1ccc([N+](=O)[O-])cc1C(=O)NNC(=O)C1CCCO1. The predicted octanol–water partition coefficient (Wildman–Crippen LogP) is 0.843. The van der Waals surface area contributed by atoms with Gasteiger partial charge in [0, 0.05) is 18.7 Å². The molecule has 1 fully saturated rings. The minimum atomic E-state index is -0.609. The van der Waals surface area contributed by atoms with Crippen molar-refractivity contribution in [3.63, 3.8) is 0 Å². The van der Waals surface area contributed by atoms with Gasteiger partial charge < -0.3 is 4.74 Å². The Morgan fingerprint density at radius 1 is 1.38 bits per heavy atom. The van der Waals surface area contributed by atoms with Crippen molar-refractivity contribution in [2.24, 2.45) is 0 Å². The van der Waals surface area contributed by atoms with Crippen molar-refractivity contribution in [3.8, 4) is 0 Å². The molecule has 0 aromatic heterocycles. The van der Waals surface area contributed by atoms with Crippen molar-refractivity contribution >= 4 is 17.5 Å². The maximum atomic E-state index is 12.0. The molecule has 1 unspecified atom stereocenters. The highest BCUT2D eigenvalue weighted by Gasteiger charge is 2.24. The Bertz CT molecular complexity index is 581. The Morgan fingerprint density at radius 3 is 2.76 bits per heavy atom. The molecule has 1 atom stereocenters. The topological polar surface area (TPSA) is 111 Å². The Morgan fingerprint density at radius 2 is 2.14 bits per heavy atom. The molecule has 112 valence electrons. The number of hydrogen-bond acceptors (Lipinski definition) is 5. The van der Waals surface area contributed by atoms with Crippen LogP contribution in [0.4, 0.5) is 5.69 Å². The smallest absolute Gasteiger partial charge is 0.270 e. The summed E-state index contributed by atoms with van der Waals surface area (Å²) in [5.41, 5.74) is 5.03. The van der Waals surface area contributed by atoms with Crippen molar-refractivity contribution in [1.82, 2.24) is 10.9 Å². The Kier molecular flexibility index (Phi) is 4.49. The first-order valence-electron chi connectivity index (χ1n) is 6.46. The number of ether oxygens (including phenoxy) is 1. The molecule has 1 aliphatic heterocycles. The number of nitro benzene ring substituents is 1. The Hall–Kier alpha value is -2.48. The summed E-state index contributed by atoms with van der Waals surface area (Å²) < 4.78 is 5.17. The van der Waals surface area contributed by atoms with E-state index in [-0.39, 0.29) is 11.3 Å². The zero-order valence-electron chi connectivity index (χ0n) is 11.4. The second-order valence-electron chi connectivity index (χ2n) is 4.70. The minimum absolute atomic E-state index is 0.136. The Balaban J connectivity index is 2.01. The molecule has 2 amide bonds. The van der Waals surface area contributed by atoms with Gasteiger partial charge in [-0.05, 0) is 25.3 Å². The molecule has 1 aromatic carbocycles. The molecule has 2 N–H and O–H groups in total. The number of amides is 2. The van der Waals surface area contributed by atoms with Gasteiger partial charge in [0.1, 0.15) is 6.10 Å². The van der Waals surface area contributed by atoms with Crippen LogP contribution < -0.4 is 10.9 Å². The van der Waals surface area contributed by atoms with Gasteiger partial charge in [-0.2, -0.15) is 0 Å². The standard InChI is InChI=1S/C13H15N3O5/c1-8-4-5-9(16(19)20)7-10(8)12(17)14-15-13(18)11-3-2-6-21-11/h4-5,7,11H,2-3,6H2,1H3,(H,14,17)(H,15,18). The van der Waals surface area contributed by atoms with Gasteiger partial charge in [-0.25, -0.2) is 0 Å². The van der Waals surface area contributed by atoms with Gasteiger partial charge in [0.2, 0.25) is 0 Å². The van der Waals surface area contributed by atoms with E-state index in [0.717, 1.165) is 6.42 Å². The van der Waals surface area contributed by atoms with E-state index in [1.54, 1.807) is 6.92 Å². The van der Waals surface area contributed by atoms with Crippen molar-refractivity contribution in [3.05, 3.63) is 39.4 Å². The van der Waals surface area contributed by atoms with Crippen LogP contribution >= 0.6 is 0 Å². The number of hydrogen-bond donors (Lipinski definition) is 2. The maximum Gasteiger partial charge on any atom is 0.270 e. The summed E-state index contributed by atoms with van der Waals surface area (Å²) in [6.45, 7) is 2.18. The molecular formula is C13H15N3O5. The predicted molar refractivity (Wildman–Crippen MR) is 72.4 cm³/mol. The lowest BCUT2D eigenvalue weighted by molar-refractivity contribution is -0.384. The van der Waals surface area contributed by atoms with Gasteiger partial charge in [-0.3, -0.25) is 30.6 Å². The van der Waals surface area contributed by atoms with Crippen LogP contribution in [0.5, 0.6) is 0 Å². The van der Waals surface area contributed by atoms with Crippen molar-refractivity contribution in [2.45, 2.75) is 25.9 Å². The van der Waals surface area contributed by atoms with Crippen molar-refractivity contribution < 1.29 is 19.2 Å². The number of rotatable bonds is 3. The van der Waals surface area contributed by atoms with Gasteiger partial charge in [0.05, 0.1) is 10.5 Å². The third kappa shape index (κ3) is 3.54. The summed E-state index contributed by atoms with van der Waals surface area (Å²) in [4.78, 5) is 33.8. The highest BCUT2D eigenvalue weighted by molar-refractivity contribution is 5.97. The van der Waals surface area contributed by atoms with Crippen LogP contribution in [0.3, 0.4) is 0 Å². The number of aryl methyl sites for hydroxylation is 1. The van der Waals surface area contributed by atoms with Crippen LogP contribution in [-0.2, 0) is 9.53 Å². The lowest BCUT2D eigenvalue weighted by Crippen LogP contribution is -2.46. The molecule has 8 heteroatoms. The van der Waals surface area contributed by atoms with E-state index in [1.165, 1.54) is 18.2 Å². The molecule has 0 radical (unpaired) electrons. The number of non-ortho nitro benzene ring substituents is 1. The summed E-state index contributed by atoms with van der Waals surface area (Å²) >= 11 is 0. The number of hydrazine groups is 1. The number of nitrogens with one attached hydrogen (secondary N) is 2. The minimum Gasteiger partial charge on any atom is -0.368 e. The first kappa shape index (κ1) is 14.9. The highest BCUT2D eigenvalue weighted by Crippen LogP contribution is 2.17. The van der Waals surface area contributed by atoms with E-state index < -0.39 is 22.8 Å². The fourth-order valence-corrected chi connectivity index (χ4v) is 2.02. The van der Waals surface area contributed by atoms with Crippen LogP contribution in [0.2, 0.25) is 0 Å². The number of nitro groups is 1. The first-order chi connectivity index (χ1) is 9.99. The van der Waals surface area contributed by atoms with Gasteiger partial charge in [-0.15, -0.1) is 0 Å². The Labute approximate surface area is 120 Å². The average Bonchev–Trinajstić information content (AvgIpc) is 2.98. The number of carbonyl (C=O) groups is 2. The highest BCUT2D eigenvalue weighted by atomic mass is 16.6. The van der Waals surface area contributed by atoms with Crippen LogP contribution in [0.25, 0.3) is 0 Å². The number of nitrogens with zero attached hydrogens (tertiary/aromatic N) is 1. The van der Waals surface area contributed by atoms with Gasteiger partial charge in [0.15, 0.2) is 0 Å². The van der Waals surface area contributed by atoms with Crippen LogP contribution in [0.15, 0.2) is 18.2 Å². The molecule has 0 aliphatic carbocycles. The number of benzene rings is 1. The van der Waals surface area contributed by atoms with Gasteiger partial charge in [-0.1, -0.05) is 6.07 Å². The van der Waals surface area contributed by atoms with Crippen molar-refractivity contribution in [1.29, 1.82) is 0 Å². The summed E-state index contributed by atoms with van der Waals surface area (Å²) in [5, 5.41) is 10.7. The maximum absolute atomic E-state index is 12.0. The molecule has 21 heavy (non-hydrogen) atoms. The second-order valence-corrected chi connectivity index (χ2v) is 4.70. The quantitative estimate of drug-likeness (QED) is 0.634. The molecule has 1 heterocycles. The second kappa shape index (κ2) is 6.31. The van der Waals surface area contributed by atoms with Crippen LogP contribution in [0.1, 0.15) is 28.8 Å². The third-order valence-electron chi connectivity index (χ3n) is 3.20. The first-order valence-corrected chi connectivity index (χ1v) is 6.46. The van der Waals surface area contributed by atoms with Crippen LogP contribution in [-0.4, -0.2) is 29.4 Å². The normalized spacial score (nSPS) is 17.3. The van der Waals surface area contributed by atoms with Gasteiger partial charge >= 0.3 is 0 Å².